The number of carbonyl (C=O) groups is 3. The second kappa shape index (κ2) is 43.6. The molecule has 0 aromatic heterocycles. The van der Waals surface area contributed by atoms with Crippen LogP contribution in [-0.4, -0.2) is 37.2 Å². The van der Waals surface area contributed by atoms with Crippen molar-refractivity contribution >= 4 is 17.9 Å². The van der Waals surface area contributed by atoms with Gasteiger partial charge in [-0.2, -0.15) is 0 Å². The molecule has 55 heavy (non-hydrogen) atoms. The third-order valence-corrected chi connectivity index (χ3v) is 9.20. The van der Waals surface area contributed by atoms with E-state index in [4.69, 9.17) is 14.2 Å². The van der Waals surface area contributed by atoms with Gasteiger partial charge in [0.25, 0.3) is 0 Å². The van der Waals surface area contributed by atoms with Gasteiger partial charge in [-0.1, -0.05) is 164 Å². The maximum atomic E-state index is 12.6. The lowest BCUT2D eigenvalue weighted by Crippen LogP contribution is -2.30. The molecule has 0 aliphatic heterocycles. The molecular weight excluding hydrogens is 685 g/mol. The lowest BCUT2D eigenvalue weighted by molar-refractivity contribution is -0.167. The van der Waals surface area contributed by atoms with Crippen LogP contribution in [0.25, 0.3) is 0 Å². The normalized spacial score (nSPS) is 12.7. The van der Waals surface area contributed by atoms with Gasteiger partial charge >= 0.3 is 17.9 Å². The second-order valence-corrected chi connectivity index (χ2v) is 14.6. The Bertz CT molecular complexity index is 1070. The highest BCUT2D eigenvalue weighted by Gasteiger charge is 2.19. The number of esters is 3. The minimum absolute atomic E-state index is 0.0911. The van der Waals surface area contributed by atoms with Crippen LogP contribution in [0.3, 0.4) is 0 Å². The Balaban J connectivity index is 4.31. The first-order valence-electron chi connectivity index (χ1n) is 22.4. The van der Waals surface area contributed by atoms with E-state index in [0.717, 1.165) is 116 Å². The van der Waals surface area contributed by atoms with Crippen LogP contribution >= 0.6 is 0 Å². The predicted octanol–water partition coefficient (Wildman–Crippen LogP) is 14.3. The molecule has 6 heteroatoms. The van der Waals surface area contributed by atoms with Crippen molar-refractivity contribution in [2.45, 2.75) is 207 Å². The lowest BCUT2D eigenvalue weighted by Gasteiger charge is -2.18. The van der Waals surface area contributed by atoms with Gasteiger partial charge in [-0.05, 0) is 89.9 Å². The smallest absolute Gasteiger partial charge is 0.306 e. The van der Waals surface area contributed by atoms with Gasteiger partial charge < -0.3 is 14.2 Å². The zero-order chi connectivity index (χ0) is 40.1. The van der Waals surface area contributed by atoms with E-state index in [0.29, 0.717) is 19.3 Å². The Labute approximate surface area is 338 Å². The first-order valence-corrected chi connectivity index (χ1v) is 22.4. The van der Waals surface area contributed by atoms with Crippen molar-refractivity contribution in [2.75, 3.05) is 13.2 Å². The van der Waals surface area contributed by atoms with E-state index in [2.05, 4.69) is 93.7 Å². The van der Waals surface area contributed by atoms with Gasteiger partial charge in [0.15, 0.2) is 6.10 Å². The molecule has 0 N–H and O–H groups in total. The molecule has 0 aromatic rings. The van der Waals surface area contributed by atoms with E-state index in [1.807, 2.05) is 0 Å². The first-order chi connectivity index (χ1) is 27.0. The van der Waals surface area contributed by atoms with Crippen molar-refractivity contribution in [3.63, 3.8) is 0 Å². The fraction of sp³-hybridized carbons (Fsp3) is 0.694. The third-order valence-electron chi connectivity index (χ3n) is 9.20. The summed E-state index contributed by atoms with van der Waals surface area (Å²) in [6, 6.07) is 0. The van der Waals surface area contributed by atoms with E-state index in [1.165, 1.54) is 44.9 Å². The van der Waals surface area contributed by atoms with Gasteiger partial charge in [-0.3, -0.25) is 14.4 Å². The molecule has 1 atom stereocenters. The summed E-state index contributed by atoms with van der Waals surface area (Å²) in [5, 5.41) is 0. The molecule has 0 fully saturated rings. The third kappa shape index (κ3) is 41.8. The Morgan fingerprint density at radius 2 is 0.709 bits per heavy atom. The molecule has 0 saturated carbocycles. The molecule has 0 radical (unpaired) electrons. The fourth-order valence-corrected chi connectivity index (χ4v) is 5.81. The topological polar surface area (TPSA) is 78.9 Å². The number of allylic oxidation sites excluding steroid dienone is 12. The number of unbranched alkanes of at least 4 members (excludes halogenated alkanes) is 16. The lowest BCUT2D eigenvalue weighted by atomic mass is 10.1. The summed E-state index contributed by atoms with van der Waals surface area (Å²) in [4.78, 5) is 37.5. The molecule has 0 heterocycles. The highest BCUT2D eigenvalue weighted by molar-refractivity contribution is 5.71. The van der Waals surface area contributed by atoms with Gasteiger partial charge in [-0.15, -0.1) is 0 Å². The van der Waals surface area contributed by atoms with Crippen molar-refractivity contribution in [3.8, 4) is 0 Å². The summed E-state index contributed by atoms with van der Waals surface area (Å²) in [5.74, 6) is -0.954. The SMILES string of the molecule is CC/C=C\C/C=C\C/C=C\C/C=C\C/C=C\CCCCCC(=O)OCC(COC(=O)CCCCCCC)OC(=O)CCCCCCC/C=C\CCCCCC. The van der Waals surface area contributed by atoms with Crippen molar-refractivity contribution in [2.24, 2.45) is 0 Å². The number of rotatable bonds is 39. The Hall–Kier alpha value is -3.15. The molecule has 0 aliphatic carbocycles. The monoisotopic (exact) mass is 767 g/mol. The van der Waals surface area contributed by atoms with Gasteiger partial charge in [0.2, 0.25) is 0 Å². The predicted molar refractivity (Wildman–Crippen MR) is 233 cm³/mol. The van der Waals surface area contributed by atoms with Crippen molar-refractivity contribution < 1.29 is 28.6 Å². The summed E-state index contributed by atoms with van der Waals surface area (Å²) in [6.07, 6.45) is 53.4. The van der Waals surface area contributed by atoms with Crippen molar-refractivity contribution in [3.05, 3.63) is 72.9 Å². The quantitative estimate of drug-likeness (QED) is 0.0268. The van der Waals surface area contributed by atoms with Gasteiger partial charge in [-0.25, -0.2) is 0 Å². The van der Waals surface area contributed by atoms with Crippen LogP contribution in [0.5, 0.6) is 0 Å². The Morgan fingerprint density at radius 1 is 0.382 bits per heavy atom. The standard InChI is InChI=1S/C49H82O6/c1-4-7-10-13-15-17-19-21-22-23-24-25-26-28-29-31-33-36-39-42-48(51)54-45-46(44-53-47(50)41-38-35-12-9-6-3)55-49(52)43-40-37-34-32-30-27-20-18-16-14-11-8-5-2/h7,10,15,17-18,20-22,24-25,28-29,46H,4-6,8-9,11-14,16,19,23,26-27,30-45H2,1-3H3/b10-7-,17-15-,20-18-,22-21-,25-24-,29-28-. The summed E-state index contributed by atoms with van der Waals surface area (Å²) in [6.45, 7) is 6.36. The molecule has 0 saturated heterocycles. The molecule has 0 aromatic carbocycles. The van der Waals surface area contributed by atoms with Gasteiger partial charge in [0.05, 0.1) is 0 Å². The number of hydrogen-bond acceptors (Lipinski definition) is 6. The van der Waals surface area contributed by atoms with Crippen molar-refractivity contribution in [1.82, 2.24) is 0 Å². The maximum absolute atomic E-state index is 12.6. The fourth-order valence-electron chi connectivity index (χ4n) is 5.81. The van der Waals surface area contributed by atoms with Crippen LogP contribution in [0.2, 0.25) is 0 Å². The van der Waals surface area contributed by atoms with E-state index in [1.54, 1.807) is 0 Å². The average molecular weight is 767 g/mol. The summed E-state index contributed by atoms with van der Waals surface area (Å²) in [7, 11) is 0. The van der Waals surface area contributed by atoms with Gasteiger partial charge in [0, 0.05) is 19.3 Å². The van der Waals surface area contributed by atoms with E-state index >= 15 is 0 Å². The molecule has 0 bridgehead atoms. The molecule has 1 unspecified atom stereocenters. The average Bonchev–Trinajstić information content (AvgIpc) is 3.18. The van der Waals surface area contributed by atoms with Crippen LogP contribution in [0.4, 0.5) is 0 Å². The summed E-state index contributed by atoms with van der Waals surface area (Å²) in [5.41, 5.74) is 0. The van der Waals surface area contributed by atoms with E-state index in [9.17, 15) is 14.4 Å². The molecule has 314 valence electrons. The Kier molecular flexibility index (Phi) is 41.1. The summed E-state index contributed by atoms with van der Waals surface area (Å²) < 4.78 is 16.6. The molecule has 0 amide bonds. The van der Waals surface area contributed by atoms with Crippen molar-refractivity contribution in [1.29, 1.82) is 0 Å². The molecule has 6 nitrogen and oxygen atoms in total. The minimum atomic E-state index is -0.787. The Morgan fingerprint density at radius 3 is 1.16 bits per heavy atom. The van der Waals surface area contributed by atoms with Crippen LogP contribution in [-0.2, 0) is 28.6 Å². The number of ether oxygens (including phenoxy) is 3. The highest BCUT2D eigenvalue weighted by atomic mass is 16.6. The zero-order valence-corrected chi connectivity index (χ0v) is 35.7. The van der Waals surface area contributed by atoms with Crippen LogP contribution in [0.1, 0.15) is 201 Å². The minimum Gasteiger partial charge on any atom is -0.462 e. The number of hydrogen-bond donors (Lipinski definition) is 0. The molecule has 0 aliphatic rings. The van der Waals surface area contributed by atoms with Crippen LogP contribution in [0, 0.1) is 0 Å². The van der Waals surface area contributed by atoms with E-state index < -0.39 is 6.10 Å². The molecular formula is C49H82O6. The molecule has 0 rings (SSSR count). The van der Waals surface area contributed by atoms with Gasteiger partial charge in [0.1, 0.15) is 13.2 Å². The van der Waals surface area contributed by atoms with E-state index in [-0.39, 0.29) is 31.1 Å². The first kappa shape index (κ1) is 51.9. The van der Waals surface area contributed by atoms with Crippen LogP contribution < -0.4 is 0 Å². The summed E-state index contributed by atoms with van der Waals surface area (Å²) >= 11 is 0. The maximum Gasteiger partial charge on any atom is 0.306 e. The molecule has 0 spiro atoms. The zero-order valence-electron chi connectivity index (χ0n) is 35.7. The highest BCUT2D eigenvalue weighted by Crippen LogP contribution is 2.12. The second-order valence-electron chi connectivity index (χ2n) is 14.6. The van der Waals surface area contributed by atoms with Crippen LogP contribution in [0.15, 0.2) is 72.9 Å². The largest absolute Gasteiger partial charge is 0.462 e. The number of carbonyl (C=O) groups excluding carboxylic acids is 3.